The summed E-state index contributed by atoms with van der Waals surface area (Å²) in [5, 5.41) is 60.5. The highest BCUT2D eigenvalue weighted by molar-refractivity contribution is 6.29. The van der Waals surface area contributed by atoms with Crippen molar-refractivity contribution in [3.8, 4) is 0 Å². The number of guanidine groups is 2. The number of carbonyl (C=O) groups is 6. The molecular weight excluding hydrogens is 1160 g/mol. The SMILES string of the molecule is C=Cc1c(C)/c2[nH]/c1=C\c1[nH]c(c(CC)c1C)/C=C1N=C(C(C(=O)O)=C\1C)/C(C)=C1\NC(/C=2)[C@@H](C)[C@@H]1CCC(=O)N[C@@H](CCCNC(=N)N)C(=O)N[C@@H](CCCNC(=N)N)C(=O)N[C@@H](Cc1c[nH]c2ccccc12)C(=O)N[C@@H](Cc1c[nH]c2ccccc12)C(=O)O. The number of carboxylic acid groups (broad SMARTS) is 2. The summed E-state index contributed by atoms with van der Waals surface area (Å²) in [6, 6.07) is 9.08. The van der Waals surface area contributed by atoms with Gasteiger partial charge in [-0.1, -0.05) is 62.9 Å². The smallest absolute Gasteiger partial charge is 0.338 e. The fraction of sp³-hybridized carbons (Fsp3) is 0.358. The van der Waals surface area contributed by atoms with E-state index in [1.165, 1.54) is 0 Å². The normalized spacial score (nSPS) is 19.4. The number of hydrogen-bond donors (Lipinski definition) is 17. The Morgan fingerprint density at radius 2 is 1.27 bits per heavy atom. The Morgan fingerprint density at radius 3 is 1.85 bits per heavy atom. The molecule has 0 saturated carbocycles. The number of aromatic amines is 4. The van der Waals surface area contributed by atoms with Crippen molar-refractivity contribution in [1.29, 1.82) is 10.8 Å². The molecule has 7 atom stereocenters. The highest BCUT2D eigenvalue weighted by Crippen LogP contribution is 2.40. The summed E-state index contributed by atoms with van der Waals surface area (Å²) in [5.74, 6) is -6.37. The van der Waals surface area contributed by atoms with Crippen molar-refractivity contribution in [2.75, 3.05) is 13.1 Å². The lowest BCUT2D eigenvalue weighted by Crippen LogP contribution is -2.58. The number of carbonyl (C=O) groups excluding carboxylic acids is 4. The third-order valence-corrected chi connectivity index (χ3v) is 17.8. The summed E-state index contributed by atoms with van der Waals surface area (Å²) in [7, 11) is 0. The first kappa shape index (κ1) is 65.1. The number of hydrogen-bond acceptors (Lipinski definition) is 10. The molecule has 9 rings (SSSR count). The minimum atomic E-state index is -1.41. The minimum Gasteiger partial charge on any atom is -0.480 e. The highest BCUT2D eigenvalue weighted by Gasteiger charge is 2.40. The molecule has 19 N–H and O–H groups in total. The Labute approximate surface area is 526 Å². The number of aliphatic carboxylic acids is 2. The first-order valence-corrected chi connectivity index (χ1v) is 30.7. The van der Waals surface area contributed by atoms with E-state index in [0.29, 0.717) is 40.1 Å². The van der Waals surface area contributed by atoms with Gasteiger partial charge in [0.1, 0.15) is 24.2 Å². The van der Waals surface area contributed by atoms with Gasteiger partial charge in [-0.3, -0.25) is 30.0 Å². The summed E-state index contributed by atoms with van der Waals surface area (Å²) in [6.07, 6.45) is 12.5. The standard InChI is InChI=1S/C67H82N16O8/c1-8-40-33(3)49-28-51-35(5)42(59(79-51)37(7)60-58(65(90)91)36(6)52(80-60)30-54-41(9-2)34(4)50(77-54)29-53(40)76-49)22-23-57(84)78-47(20-14-24-72-66(68)69)61(85)81-48(21-15-25-73-67(70)71)62(86)82-55(26-38-31-74-45-18-12-10-16-43(38)45)63(87)83-56(64(88)89)27-39-32-75-46-19-13-11-17-44(39)46/h8,10-13,16-19,28-32,35,42,47-48,51,55-56,74-77,79H,1,9,14-15,20-27H2,2-7H3,(H,78,84)(H,81,85)(H,82,86)(H,83,87)(H,88,89)(H,90,91)(H4,68,69,72)(H4,70,71,73)/b49-28+,52-30-,53-29-,59-37-/t35-,42-,47-,48-,51?,55-,56-/m0/s1. The van der Waals surface area contributed by atoms with Crippen molar-refractivity contribution in [3.05, 3.63) is 151 Å². The van der Waals surface area contributed by atoms with Crippen molar-refractivity contribution in [1.82, 2.24) is 57.2 Å². The van der Waals surface area contributed by atoms with Gasteiger partial charge >= 0.3 is 11.9 Å². The van der Waals surface area contributed by atoms with E-state index in [4.69, 9.17) is 27.3 Å². The van der Waals surface area contributed by atoms with Crippen LogP contribution >= 0.6 is 0 Å². The number of nitrogens with zero attached hydrogens (tertiary/aromatic N) is 1. The average molecular weight is 1240 g/mol. The van der Waals surface area contributed by atoms with Gasteiger partial charge < -0.3 is 78.8 Å². The van der Waals surface area contributed by atoms with E-state index in [-0.39, 0.29) is 99.8 Å². The molecule has 1 saturated heterocycles. The van der Waals surface area contributed by atoms with Gasteiger partial charge in [-0.2, -0.15) is 0 Å². The molecule has 91 heavy (non-hydrogen) atoms. The van der Waals surface area contributed by atoms with Gasteiger partial charge in [0.15, 0.2) is 11.9 Å². The van der Waals surface area contributed by atoms with Crippen LogP contribution in [0.3, 0.4) is 0 Å². The van der Waals surface area contributed by atoms with Crippen LogP contribution in [0.4, 0.5) is 0 Å². The lowest BCUT2D eigenvalue weighted by molar-refractivity contribution is -0.142. The number of para-hydroxylation sites is 2. The van der Waals surface area contributed by atoms with Crippen molar-refractivity contribution < 1.29 is 39.0 Å². The van der Waals surface area contributed by atoms with Crippen LogP contribution in [0.15, 0.2) is 101 Å². The number of H-pyrrole nitrogens is 4. The van der Waals surface area contributed by atoms with E-state index >= 15 is 0 Å². The molecule has 6 aromatic rings. The predicted molar refractivity (Wildman–Crippen MR) is 353 cm³/mol. The van der Waals surface area contributed by atoms with Crippen molar-refractivity contribution >= 4 is 99.3 Å². The monoisotopic (exact) mass is 1240 g/mol. The molecule has 4 aromatic heterocycles. The number of carboxylic acids is 2. The number of allylic oxidation sites excluding steroid dienone is 3. The van der Waals surface area contributed by atoms with Crippen LogP contribution in [0.25, 0.3) is 46.1 Å². The second kappa shape index (κ2) is 28.4. The number of fused-ring (bicyclic) bond motifs is 9. The summed E-state index contributed by atoms with van der Waals surface area (Å²) < 4.78 is 0. The van der Waals surface area contributed by atoms with Gasteiger partial charge in [-0.05, 0) is 141 Å². The maximum Gasteiger partial charge on any atom is 0.338 e. The van der Waals surface area contributed by atoms with Crippen molar-refractivity contribution in [2.45, 2.75) is 130 Å². The second-order valence-corrected chi connectivity index (χ2v) is 23.7. The molecule has 0 radical (unpaired) electrons. The van der Waals surface area contributed by atoms with Gasteiger partial charge in [0.05, 0.1) is 17.0 Å². The molecule has 2 aromatic carbocycles. The lowest BCUT2D eigenvalue weighted by Gasteiger charge is -2.26. The van der Waals surface area contributed by atoms with Crippen molar-refractivity contribution in [3.63, 3.8) is 0 Å². The average Bonchev–Trinajstić information content (AvgIpc) is 1.64. The molecule has 0 aliphatic carbocycles. The Morgan fingerprint density at radius 1 is 0.714 bits per heavy atom. The maximum absolute atomic E-state index is 14.9. The molecular formula is C67H82N16O8. The third-order valence-electron chi connectivity index (χ3n) is 17.8. The summed E-state index contributed by atoms with van der Waals surface area (Å²) in [4.78, 5) is 104. The van der Waals surface area contributed by atoms with Crippen LogP contribution in [-0.4, -0.2) is 127 Å². The molecule has 4 amide bonds. The molecule has 8 bridgehead atoms. The van der Waals surface area contributed by atoms with E-state index in [0.717, 1.165) is 71.8 Å². The summed E-state index contributed by atoms with van der Waals surface area (Å²) >= 11 is 0. The molecule has 7 heterocycles. The zero-order valence-electron chi connectivity index (χ0n) is 52.1. The van der Waals surface area contributed by atoms with Crippen LogP contribution in [0, 0.1) is 36.5 Å². The molecule has 478 valence electrons. The topological polar surface area (TPSA) is 402 Å². The number of benzene rings is 2. The molecule has 1 fully saturated rings. The molecule has 3 aliphatic heterocycles. The quantitative estimate of drug-likeness (QED) is 0.0205. The Hall–Kier alpha value is -10.4. The van der Waals surface area contributed by atoms with E-state index < -0.39 is 59.7 Å². The highest BCUT2D eigenvalue weighted by atomic mass is 16.4. The summed E-state index contributed by atoms with van der Waals surface area (Å²) in [5.41, 5.74) is 22.5. The number of nitrogens with two attached hydrogens (primary N) is 2. The number of amides is 4. The van der Waals surface area contributed by atoms with E-state index in [1.807, 2.05) is 74.5 Å². The predicted octanol–water partition coefficient (Wildman–Crippen LogP) is 4.26. The molecule has 1 unspecified atom stereocenters. The lowest BCUT2D eigenvalue weighted by atomic mass is 9.84. The zero-order chi connectivity index (χ0) is 65.4. The fourth-order valence-electron chi connectivity index (χ4n) is 12.8. The number of aromatic nitrogens is 4. The largest absolute Gasteiger partial charge is 0.480 e. The molecule has 0 spiro atoms. The van der Waals surface area contributed by atoms with Crippen LogP contribution in [0.2, 0.25) is 0 Å². The van der Waals surface area contributed by atoms with Gasteiger partial charge in [-0.25, -0.2) is 14.6 Å². The first-order chi connectivity index (χ1) is 43.5. The van der Waals surface area contributed by atoms with Gasteiger partial charge in [0.2, 0.25) is 23.6 Å². The van der Waals surface area contributed by atoms with Gasteiger partial charge in [0.25, 0.3) is 0 Å². The van der Waals surface area contributed by atoms with E-state index in [9.17, 15) is 39.0 Å². The minimum absolute atomic E-state index is 0.0311. The fourth-order valence-corrected chi connectivity index (χ4v) is 12.8. The van der Waals surface area contributed by atoms with Crippen LogP contribution < -0.4 is 59.4 Å². The number of rotatable bonds is 26. The number of aliphatic imine (C=N–C) groups is 1. The Balaban J connectivity index is 0.995. The van der Waals surface area contributed by atoms with Crippen molar-refractivity contribution in [2.24, 2.45) is 28.3 Å². The van der Waals surface area contributed by atoms with Gasteiger partial charge in [-0.15, -0.1) is 0 Å². The van der Waals surface area contributed by atoms with Crippen LogP contribution in [0.5, 0.6) is 0 Å². The molecule has 24 heteroatoms. The van der Waals surface area contributed by atoms with Crippen LogP contribution in [0.1, 0.15) is 111 Å². The van der Waals surface area contributed by atoms with E-state index in [1.54, 1.807) is 19.3 Å². The first-order valence-electron chi connectivity index (χ1n) is 30.7. The Bertz CT molecular complexity index is 4130. The van der Waals surface area contributed by atoms with E-state index in [2.05, 4.69) is 96.7 Å². The van der Waals surface area contributed by atoms with Gasteiger partial charge in [0, 0.05) is 112 Å². The number of nitrogens with one attached hydrogen (secondary N) is 13. The molecule has 3 aliphatic rings. The second-order valence-electron chi connectivity index (χ2n) is 23.7. The third kappa shape index (κ3) is 14.7. The Kier molecular flexibility index (Phi) is 20.3. The molecule has 24 nitrogen and oxygen atoms in total. The van der Waals surface area contributed by atoms with Crippen LogP contribution in [-0.2, 0) is 48.0 Å². The maximum atomic E-state index is 14.9. The zero-order valence-corrected chi connectivity index (χ0v) is 52.1. The summed E-state index contributed by atoms with van der Waals surface area (Å²) in [6.45, 7) is 16.3.